The molecule has 2 fully saturated rings. The van der Waals surface area contributed by atoms with Gasteiger partial charge in [-0.05, 0) is 18.6 Å². The smallest absolute Gasteiger partial charge is 0.226 e. The lowest BCUT2D eigenvalue weighted by atomic mass is 10.0. The van der Waals surface area contributed by atoms with Gasteiger partial charge in [-0.2, -0.15) is 11.8 Å². The Labute approximate surface area is 107 Å². The van der Waals surface area contributed by atoms with E-state index >= 15 is 0 Å². The van der Waals surface area contributed by atoms with Gasteiger partial charge in [-0.25, -0.2) is 0 Å². The maximum atomic E-state index is 12.2. The first-order valence-corrected chi connectivity index (χ1v) is 7.46. The van der Waals surface area contributed by atoms with Crippen LogP contribution in [0.25, 0.3) is 0 Å². The average Bonchev–Trinajstić information content (AvgIpc) is 2.39. The molecule has 96 valence electrons. The molecule has 0 spiro atoms. The van der Waals surface area contributed by atoms with Gasteiger partial charge in [0.15, 0.2) is 0 Å². The molecular formula is C12H20N2O2S. The van der Waals surface area contributed by atoms with Crippen LogP contribution in [0.3, 0.4) is 0 Å². The number of amides is 2. The maximum Gasteiger partial charge on any atom is 0.226 e. The molecule has 0 saturated carbocycles. The van der Waals surface area contributed by atoms with Gasteiger partial charge in [-0.1, -0.05) is 0 Å². The second kappa shape index (κ2) is 5.76. The Morgan fingerprint density at radius 1 is 1.12 bits per heavy atom. The first kappa shape index (κ1) is 12.7. The summed E-state index contributed by atoms with van der Waals surface area (Å²) < 4.78 is 0. The zero-order valence-corrected chi connectivity index (χ0v) is 11.2. The van der Waals surface area contributed by atoms with E-state index in [1.54, 1.807) is 6.92 Å². The molecule has 2 amide bonds. The number of hydrogen-bond donors (Lipinski definition) is 0. The lowest BCUT2D eigenvalue weighted by molar-refractivity contribution is -0.141. The quantitative estimate of drug-likeness (QED) is 0.697. The van der Waals surface area contributed by atoms with Crippen LogP contribution in [0, 0.1) is 5.92 Å². The molecule has 17 heavy (non-hydrogen) atoms. The highest BCUT2D eigenvalue weighted by molar-refractivity contribution is 7.99. The van der Waals surface area contributed by atoms with Crippen LogP contribution in [-0.2, 0) is 9.59 Å². The van der Waals surface area contributed by atoms with Crippen molar-refractivity contribution in [2.24, 2.45) is 5.92 Å². The molecule has 0 aromatic carbocycles. The fraction of sp³-hybridized carbons (Fsp3) is 0.833. The third-order valence-corrected chi connectivity index (χ3v) is 4.76. The fourth-order valence-corrected chi connectivity index (χ4v) is 3.57. The van der Waals surface area contributed by atoms with E-state index in [1.165, 1.54) is 5.75 Å². The van der Waals surface area contributed by atoms with E-state index in [0.717, 1.165) is 18.6 Å². The summed E-state index contributed by atoms with van der Waals surface area (Å²) in [6.45, 7) is 4.40. The number of thioether (sulfide) groups is 1. The lowest BCUT2D eigenvalue weighted by Gasteiger charge is -2.36. The Morgan fingerprint density at radius 2 is 1.76 bits per heavy atom. The van der Waals surface area contributed by atoms with Crippen LogP contribution in [0.4, 0.5) is 0 Å². The normalized spacial score (nSPS) is 25.8. The molecule has 1 unspecified atom stereocenters. The molecule has 2 rings (SSSR count). The van der Waals surface area contributed by atoms with Gasteiger partial charge in [0.2, 0.25) is 11.8 Å². The lowest BCUT2D eigenvalue weighted by Crippen LogP contribution is -2.51. The van der Waals surface area contributed by atoms with E-state index in [4.69, 9.17) is 0 Å². The predicted molar refractivity (Wildman–Crippen MR) is 68.9 cm³/mol. The fourth-order valence-electron chi connectivity index (χ4n) is 2.44. The average molecular weight is 256 g/mol. The second-order valence-electron chi connectivity index (χ2n) is 4.75. The van der Waals surface area contributed by atoms with Gasteiger partial charge in [-0.3, -0.25) is 9.59 Å². The molecule has 1 atom stereocenters. The molecule has 0 radical (unpaired) electrons. The van der Waals surface area contributed by atoms with Crippen LogP contribution in [-0.4, -0.2) is 59.3 Å². The van der Waals surface area contributed by atoms with Crippen LogP contribution in [0.5, 0.6) is 0 Å². The molecule has 2 aliphatic heterocycles. The van der Waals surface area contributed by atoms with Gasteiger partial charge in [0, 0.05) is 44.8 Å². The van der Waals surface area contributed by atoms with Crippen molar-refractivity contribution >= 4 is 23.6 Å². The van der Waals surface area contributed by atoms with Crippen molar-refractivity contribution in [3.8, 4) is 0 Å². The van der Waals surface area contributed by atoms with Gasteiger partial charge in [-0.15, -0.1) is 0 Å². The molecule has 4 nitrogen and oxygen atoms in total. The van der Waals surface area contributed by atoms with E-state index in [0.29, 0.717) is 32.1 Å². The molecule has 0 bridgehead atoms. The highest BCUT2D eigenvalue weighted by Gasteiger charge is 2.29. The molecule has 0 N–H and O–H groups in total. The SMILES string of the molecule is CC(=O)N1CCN(C(=O)C2CCCSC2)CC1. The molecule has 2 aliphatic rings. The summed E-state index contributed by atoms with van der Waals surface area (Å²) in [5, 5.41) is 0. The van der Waals surface area contributed by atoms with E-state index in [2.05, 4.69) is 0 Å². The number of carbonyl (C=O) groups excluding carboxylic acids is 2. The number of carbonyl (C=O) groups is 2. The summed E-state index contributed by atoms with van der Waals surface area (Å²) >= 11 is 1.89. The molecule has 2 saturated heterocycles. The number of hydrogen-bond acceptors (Lipinski definition) is 3. The standard InChI is InChI=1S/C12H20N2O2S/c1-10(15)13-4-6-14(7-5-13)12(16)11-3-2-8-17-9-11/h11H,2-9H2,1H3. The molecule has 0 aliphatic carbocycles. The summed E-state index contributed by atoms with van der Waals surface area (Å²) in [5.74, 6) is 2.82. The second-order valence-corrected chi connectivity index (χ2v) is 5.90. The highest BCUT2D eigenvalue weighted by atomic mass is 32.2. The topological polar surface area (TPSA) is 40.6 Å². The van der Waals surface area contributed by atoms with Crippen molar-refractivity contribution < 1.29 is 9.59 Å². The molecule has 0 aromatic heterocycles. The monoisotopic (exact) mass is 256 g/mol. The number of rotatable bonds is 1. The molecule has 5 heteroatoms. The van der Waals surface area contributed by atoms with Gasteiger partial charge >= 0.3 is 0 Å². The van der Waals surface area contributed by atoms with Crippen molar-refractivity contribution in [1.29, 1.82) is 0 Å². The largest absolute Gasteiger partial charge is 0.339 e. The van der Waals surface area contributed by atoms with Crippen molar-refractivity contribution in [3.63, 3.8) is 0 Å². The summed E-state index contributed by atoms with van der Waals surface area (Å²) in [5.41, 5.74) is 0. The third kappa shape index (κ3) is 3.15. The Kier molecular flexibility index (Phi) is 4.31. The first-order valence-electron chi connectivity index (χ1n) is 6.30. The maximum absolute atomic E-state index is 12.2. The minimum atomic E-state index is 0.116. The zero-order chi connectivity index (χ0) is 12.3. The van der Waals surface area contributed by atoms with Crippen molar-refractivity contribution in [3.05, 3.63) is 0 Å². The van der Waals surface area contributed by atoms with E-state index in [9.17, 15) is 9.59 Å². The van der Waals surface area contributed by atoms with Crippen LogP contribution >= 0.6 is 11.8 Å². The summed E-state index contributed by atoms with van der Waals surface area (Å²) in [7, 11) is 0. The molecular weight excluding hydrogens is 236 g/mol. The molecule has 2 heterocycles. The van der Waals surface area contributed by atoms with Crippen LogP contribution in [0.1, 0.15) is 19.8 Å². The van der Waals surface area contributed by atoms with Crippen molar-refractivity contribution in [1.82, 2.24) is 9.80 Å². The zero-order valence-electron chi connectivity index (χ0n) is 10.4. The van der Waals surface area contributed by atoms with Gasteiger partial charge in [0.05, 0.1) is 0 Å². The highest BCUT2D eigenvalue weighted by Crippen LogP contribution is 2.24. The summed E-state index contributed by atoms with van der Waals surface area (Å²) in [4.78, 5) is 27.2. The summed E-state index contributed by atoms with van der Waals surface area (Å²) in [6, 6.07) is 0. The van der Waals surface area contributed by atoms with Crippen LogP contribution < -0.4 is 0 Å². The summed E-state index contributed by atoms with van der Waals surface area (Å²) in [6.07, 6.45) is 2.20. The Balaban J connectivity index is 1.83. The predicted octanol–water partition coefficient (Wildman–Crippen LogP) is 0.820. The Bertz CT molecular complexity index is 295. The van der Waals surface area contributed by atoms with E-state index in [-0.39, 0.29) is 11.8 Å². The van der Waals surface area contributed by atoms with E-state index < -0.39 is 0 Å². The number of nitrogens with zero attached hydrogens (tertiary/aromatic N) is 2. The Hall–Kier alpha value is -0.710. The third-order valence-electron chi connectivity index (χ3n) is 3.55. The number of piperazine rings is 1. The van der Waals surface area contributed by atoms with Crippen molar-refractivity contribution in [2.75, 3.05) is 37.7 Å². The molecule has 0 aromatic rings. The Morgan fingerprint density at radius 3 is 2.29 bits per heavy atom. The van der Waals surface area contributed by atoms with Gasteiger partial charge < -0.3 is 9.80 Å². The van der Waals surface area contributed by atoms with Crippen LogP contribution in [0.2, 0.25) is 0 Å². The van der Waals surface area contributed by atoms with Gasteiger partial charge in [0.25, 0.3) is 0 Å². The van der Waals surface area contributed by atoms with Gasteiger partial charge in [0.1, 0.15) is 0 Å². The van der Waals surface area contributed by atoms with Crippen LogP contribution in [0.15, 0.2) is 0 Å². The minimum absolute atomic E-state index is 0.116. The minimum Gasteiger partial charge on any atom is -0.339 e. The van der Waals surface area contributed by atoms with E-state index in [1.807, 2.05) is 21.6 Å². The first-order chi connectivity index (χ1) is 8.18. The van der Waals surface area contributed by atoms with Crippen molar-refractivity contribution in [2.45, 2.75) is 19.8 Å².